The lowest BCUT2D eigenvalue weighted by Gasteiger charge is -2.32. The van der Waals surface area contributed by atoms with Crippen LogP contribution in [0.3, 0.4) is 0 Å². The largest absolute Gasteiger partial charge is 0.349 e. The Morgan fingerprint density at radius 1 is 1.15 bits per heavy atom. The lowest BCUT2D eigenvalue weighted by Crippen LogP contribution is -2.40. The zero-order valence-electron chi connectivity index (χ0n) is 16.5. The summed E-state index contributed by atoms with van der Waals surface area (Å²) in [5.74, 6) is 0.277. The Kier molecular flexibility index (Phi) is 6.56. The van der Waals surface area contributed by atoms with Gasteiger partial charge < -0.3 is 5.32 Å². The predicted molar refractivity (Wildman–Crippen MR) is 112 cm³/mol. The molecule has 144 valence electrons. The van der Waals surface area contributed by atoms with Gasteiger partial charge in [0.05, 0.1) is 6.04 Å². The molecule has 1 fully saturated rings. The summed E-state index contributed by atoms with van der Waals surface area (Å²) in [6.45, 7) is 9.01. The van der Waals surface area contributed by atoms with Gasteiger partial charge >= 0.3 is 0 Å². The summed E-state index contributed by atoms with van der Waals surface area (Å²) in [4.78, 5) is 15.1. The second-order valence-corrected chi connectivity index (χ2v) is 8.12. The highest BCUT2D eigenvalue weighted by atomic mass is 35.5. The Balaban J connectivity index is 1.51. The summed E-state index contributed by atoms with van der Waals surface area (Å²) in [6.07, 6.45) is 1.80. The minimum atomic E-state index is 0.0398. The van der Waals surface area contributed by atoms with E-state index in [9.17, 15) is 4.79 Å². The zero-order valence-corrected chi connectivity index (χ0v) is 17.2. The minimum Gasteiger partial charge on any atom is -0.349 e. The topological polar surface area (TPSA) is 32.3 Å². The number of aryl methyl sites for hydroxylation is 2. The van der Waals surface area contributed by atoms with Crippen molar-refractivity contribution in [3.63, 3.8) is 0 Å². The lowest BCUT2D eigenvalue weighted by molar-refractivity contribution is -0.127. The Bertz CT molecular complexity index is 797. The second-order valence-electron chi connectivity index (χ2n) is 7.72. The molecule has 0 saturated carbocycles. The van der Waals surface area contributed by atoms with Crippen molar-refractivity contribution in [2.45, 2.75) is 46.2 Å². The molecule has 1 aliphatic rings. The standard InChI is InChI=1S/C23H29ClN2O/c1-16-8-9-20(14-17(16)2)18(3)25-23(27)19-10-12-26(13-11-19)15-21-6-4-5-7-22(21)24/h4-9,14,18-19H,10-13,15H2,1-3H3,(H,25,27)/t18-/m0/s1. The Labute approximate surface area is 167 Å². The maximum atomic E-state index is 12.7. The Hall–Kier alpha value is -1.84. The van der Waals surface area contributed by atoms with Crippen LogP contribution in [0.25, 0.3) is 0 Å². The predicted octanol–water partition coefficient (Wildman–Crippen LogP) is 5.05. The number of carbonyl (C=O) groups excluding carboxylic acids is 1. The maximum absolute atomic E-state index is 12.7. The molecule has 2 aromatic carbocycles. The van der Waals surface area contributed by atoms with Gasteiger partial charge in [-0.2, -0.15) is 0 Å². The van der Waals surface area contributed by atoms with Crippen LogP contribution in [0.1, 0.15) is 48.1 Å². The van der Waals surface area contributed by atoms with Gasteiger partial charge in [0.15, 0.2) is 0 Å². The molecule has 0 unspecified atom stereocenters. The van der Waals surface area contributed by atoms with Crippen LogP contribution in [0.2, 0.25) is 5.02 Å². The van der Waals surface area contributed by atoms with Gasteiger partial charge in [0.1, 0.15) is 0 Å². The van der Waals surface area contributed by atoms with Crippen molar-refractivity contribution in [2.75, 3.05) is 13.1 Å². The van der Waals surface area contributed by atoms with Crippen molar-refractivity contribution < 1.29 is 4.79 Å². The summed E-state index contributed by atoms with van der Waals surface area (Å²) in [5, 5.41) is 4.03. The van der Waals surface area contributed by atoms with Gasteiger partial charge in [0.25, 0.3) is 0 Å². The molecule has 3 rings (SSSR count). The molecular formula is C23H29ClN2O. The van der Waals surface area contributed by atoms with Gasteiger partial charge in [-0.15, -0.1) is 0 Å². The smallest absolute Gasteiger partial charge is 0.223 e. The molecule has 0 radical (unpaired) electrons. The lowest BCUT2D eigenvalue weighted by atomic mass is 9.94. The first-order valence-electron chi connectivity index (χ1n) is 9.77. The fourth-order valence-corrected chi connectivity index (χ4v) is 3.86. The highest BCUT2D eigenvalue weighted by Crippen LogP contribution is 2.24. The number of halogens is 1. The summed E-state index contributed by atoms with van der Waals surface area (Å²) < 4.78 is 0. The van der Waals surface area contributed by atoms with Crippen LogP contribution in [0.5, 0.6) is 0 Å². The fraction of sp³-hybridized carbons (Fsp3) is 0.435. The molecule has 1 saturated heterocycles. The molecule has 4 heteroatoms. The number of piperidine rings is 1. The first-order valence-corrected chi connectivity index (χ1v) is 10.1. The minimum absolute atomic E-state index is 0.0398. The number of likely N-dealkylation sites (tertiary alicyclic amines) is 1. The molecule has 0 aromatic heterocycles. The molecule has 0 aliphatic carbocycles. The van der Waals surface area contributed by atoms with E-state index in [0.717, 1.165) is 43.1 Å². The third-order valence-corrected chi connectivity index (χ3v) is 6.07. The Morgan fingerprint density at radius 3 is 2.52 bits per heavy atom. The van der Waals surface area contributed by atoms with Crippen molar-refractivity contribution in [2.24, 2.45) is 5.92 Å². The quantitative estimate of drug-likeness (QED) is 0.782. The highest BCUT2D eigenvalue weighted by Gasteiger charge is 2.26. The number of hydrogen-bond donors (Lipinski definition) is 1. The summed E-state index contributed by atoms with van der Waals surface area (Å²) in [5.41, 5.74) is 4.87. The normalized spacial score (nSPS) is 16.9. The number of nitrogens with zero attached hydrogens (tertiary/aromatic N) is 1. The number of rotatable bonds is 5. The van der Waals surface area contributed by atoms with Gasteiger partial charge in [-0.3, -0.25) is 9.69 Å². The van der Waals surface area contributed by atoms with E-state index in [4.69, 9.17) is 11.6 Å². The first-order chi connectivity index (χ1) is 12.9. The maximum Gasteiger partial charge on any atom is 0.223 e. The molecular weight excluding hydrogens is 356 g/mol. The van der Waals surface area contributed by atoms with Gasteiger partial charge in [-0.25, -0.2) is 0 Å². The van der Waals surface area contributed by atoms with E-state index < -0.39 is 0 Å². The van der Waals surface area contributed by atoms with Gasteiger partial charge in [-0.1, -0.05) is 48.0 Å². The fourth-order valence-electron chi connectivity index (χ4n) is 3.67. The number of hydrogen-bond acceptors (Lipinski definition) is 2. The van der Waals surface area contributed by atoms with E-state index in [0.29, 0.717) is 0 Å². The van der Waals surface area contributed by atoms with Crippen molar-refractivity contribution >= 4 is 17.5 Å². The number of carbonyl (C=O) groups is 1. The van der Waals surface area contributed by atoms with E-state index in [2.05, 4.69) is 55.3 Å². The van der Waals surface area contributed by atoms with Crippen LogP contribution in [-0.4, -0.2) is 23.9 Å². The third kappa shape index (κ3) is 5.12. The molecule has 27 heavy (non-hydrogen) atoms. The molecule has 1 heterocycles. The van der Waals surface area contributed by atoms with E-state index in [1.54, 1.807) is 0 Å². The summed E-state index contributed by atoms with van der Waals surface area (Å²) in [7, 11) is 0. The number of amides is 1. The molecule has 3 nitrogen and oxygen atoms in total. The van der Waals surface area contributed by atoms with Crippen molar-refractivity contribution in [1.82, 2.24) is 10.2 Å². The summed E-state index contributed by atoms with van der Waals surface area (Å²) >= 11 is 6.27. The number of benzene rings is 2. The van der Waals surface area contributed by atoms with Gasteiger partial charge in [0, 0.05) is 17.5 Å². The SMILES string of the molecule is Cc1ccc([C@H](C)NC(=O)C2CCN(Cc3ccccc3Cl)CC2)cc1C. The molecule has 2 aromatic rings. The molecule has 1 atom stereocenters. The van der Waals surface area contributed by atoms with Crippen LogP contribution >= 0.6 is 11.6 Å². The monoisotopic (exact) mass is 384 g/mol. The van der Waals surface area contributed by atoms with Crippen LogP contribution in [-0.2, 0) is 11.3 Å². The Morgan fingerprint density at radius 2 is 1.85 bits per heavy atom. The molecule has 0 bridgehead atoms. The van der Waals surface area contributed by atoms with Crippen molar-refractivity contribution in [1.29, 1.82) is 0 Å². The molecule has 1 aliphatic heterocycles. The van der Waals surface area contributed by atoms with E-state index in [1.807, 2.05) is 18.2 Å². The van der Waals surface area contributed by atoms with Crippen LogP contribution in [0, 0.1) is 19.8 Å². The molecule has 1 N–H and O–H groups in total. The highest BCUT2D eigenvalue weighted by molar-refractivity contribution is 6.31. The second kappa shape index (κ2) is 8.90. The van der Waals surface area contributed by atoms with E-state index in [-0.39, 0.29) is 17.9 Å². The average molecular weight is 385 g/mol. The summed E-state index contributed by atoms with van der Waals surface area (Å²) in [6, 6.07) is 14.4. The van der Waals surface area contributed by atoms with Gasteiger partial charge in [0.2, 0.25) is 5.91 Å². The van der Waals surface area contributed by atoms with Crippen molar-refractivity contribution in [3.05, 3.63) is 69.7 Å². The van der Waals surface area contributed by atoms with Crippen LogP contribution in [0.4, 0.5) is 0 Å². The molecule has 0 spiro atoms. The third-order valence-electron chi connectivity index (χ3n) is 5.70. The first kappa shape index (κ1) is 19.9. The van der Waals surface area contributed by atoms with E-state index >= 15 is 0 Å². The number of nitrogens with one attached hydrogen (secondary N) is 1. The average Bonchev–Trinajstić information content (AvgIpc) is 2.66. The van der Waals surface area contributed by atoms with Crippen LogP contribution in [0.15, 0.2) is 42.5 Å². The van der Waals surface area contributed by atoms with Crippen molar-refractivity contribution in [3.8, 4) is 0 Å². The van der Waals surface area contributed by atoms with Crippen LogP contribution < -0.4 is 5.32 Å². The molecule has 1 amide bonds. The van der Waals surface area contributed by atoms with Gasteiger partial charge in [-0.05, 0) is 75.0 Å². The van der Waals surface area contributed by atoms with E-state index in [1.165, 1.54) is 16.7 Å². The zero-order chi connectivity index (χ0) is 19.4.